The third kappa shape index (κ3) is 6.43. The summed E-state index contributed by atoms with van der Waals surface area (Å²) >= 11 is 1.36. The molecule has 3 amide bonds. The summed E-state index contributed by atoms with van der Waals surface area (Å²) in [6.45, 7) is 6.48. The van der Waals surface area contributed by atoms with Crippen molar-refractivity contribution in [3.8, 4) is 0 Å². The first-order valence-corrected chi connectivity index (χ1v) is 14.0. The van der Waals surface area contributed by atoms with Crippen molar-refractivity contribution in [3.05, 3.63) is 59.0 Å². The van der Waals surface area contributed by atoms with E-state index in [1.54, 1.807) is 24.5 Å². The molecule has 162 valence electrons. The Hall–Kier alpha value is -3.11. The van der Waals surface area contributed by atoms with Crippen LogP contribution < -0.4 is 21.1 Å². The van der Waals surface area contributed by atoms with Crippen LogP contribution in [0.15, 0.2) is 42.7 Å². The van der Waals surface area contributed by atoms with Crippen LogP contribution in [0.1, 0.15) is 10.4 Å². The second kappa shape index (κ2) is 9.80. The molecule has 0 fully saturated rings. The highest BCUT2D eigenvalue weighted by molar-refractivity contribution is 7.15. The molecule has 1 aromatic carbocycles. The molecule has 0 bridgehead atoms. The van der Waals surface area contributed by atoms with Gasteiger partial charge in [0, 0.05) is 17.3 Å². The number of rotatable bonds is 8. The van der Waals surface area contributed by atoms with Crippen LogP contribution in [0.2, 0.25) is 19.6 Å². The molecular formula is C21H24FN5O2SSi. The van der Waals surface area contributed by atoms with Crippen molar-refractivity contribution in [1.29, 1.82) is 0 Å². The molecule has 2 aromatic heterocycles. The van der Waals surface area contributed by atoms with Gasteiger partial charge in [-0.2, -0.15) is 0 Å². The summed E-state index contributed by atoms with van der Waals surface area (Å²) in [5.41, 5.74) is 1.18. The molecule has 0 spiro atoms. The number of thiazole rings is 1. The van der Waals surface area contributed by atoms with Crippen LogP contribution >= 0.6 is 11.3 Å². The Kier molecular flexibility index (Phi) is 7.13. The van der Waals surface area contributed by atoms with Gasteiger partial charge in [0.2, 0.25) is 6.41 Å². The van der Waals surface area contributed by atoms with Gasteiger partial charge in [-0.25, -0.2) is 19.2 Å². The second-order valence-electron chi connectivity index (χ2n) is 7.97. The van der Waals surface area contributed by atoms with Crippen LogP contribution in [0.3, 0.4) is 0 Å². The zero-order chi connectivity index (χ0) is 22.4. The number of carbonyl (C=O) groups is 2. The average molecular weight is 458 g/mol. The van der Waals surface area contributed by atoms with E-state index in [9.17, 15) is 14.0 Å². The monoisotopic (exact) mass is 457 g/mol. The van der Waals surface area contributed by atoms with Gasteiger partial charge >= 0.3 is 6.03 Å². The van der Waals surface area contributed by atoms with Crippen LogP contribution in [0.4, 0.5) is 25.8 Å². The van der Waals surface area contributed by atoms with Crippen molar-refractivity contribution in [3.63, 3.8) is 0 Å². The molecule has 3 aromatic rings. The van der Waals surface area contributed by atoms with Gasteiger partial charge in [-0.1, -0.05) is 30.9 Å². The van der Waals surface area contributed by atoms with Crippen molar-refractivity contribution in [2.45, 2.75) is 32.5 Å². The zero-order valence-electron chi connectivity index (χ0n) is 17.5. The summed E-state index contributed by atoms with van der Waals surface area (Å²) < 4.78 is 14.1. The molecule has 3 rings (SSSR count). The SMILES string of the molecule is C[Si](C)(C)c1ccc(F)c(NC(=O)Nc2ncc(CCc3ccnc(NC=O)c3)s2)c1. The molecule has 3 N–H and O–H groups in total. The lowest BCUT2D eigenvalue weighted by atomic mass is 10.1. The maximum absolute atomic E-state index is 14.1. The first kappa shape index (κ1) is 22.6. The Bertz CT molecular complexity index is 1080. The number of hydrogen-bond donors (Lipinski definition) is 3. The van der Waals surface area contributed by atoms with E-state index in [4.69, 9.17) is 0 Å². The molecule has 31 heavy (non-hydrogen) atoms. The highest BCUT2D eigenvalue weighted by atomic mass is 32.1. The molecule has 0 saturated heterocycles. The number of pyridine rings is 1. The number of anilines is 3. The van der Waals surface area contributed by atoms with E-state index in [-0.39, 0.29) is 5.69 Å². The Morgan fingerprint density at radius 2 is 1.94 bits per heavy atom. The first-order chi connectivity index (χ1) is 14.7. The number of hydrogen-bond acceptors (Lipinski definition) is 5. The van der Waals surface area contributed by atoms with E-state index in [1.807, 2.05) is 12.1 Å². The van der Waals surface area contributed by atoms with Crippen LogP contribution in [0, 0.1) is 5.82 Å². The topological polar surface area (TPSA) is 96.0 Å². The lowest BCUT2D eigenvalue weighted by molar-refractivity contribution is -0.105. The van der Waals surface area contributed by atoms with E-state index < -0.39 is 19.9 Å². The molecule has 0 atom stereocenters. The zero-order valence-corrected chi connectivity index (χ0v) is 19.3. The molecule has 0 unspecified atom stereocenters. The number of carbonyl (C=O) groups excluding carboxylic acids is 2. The van der Waals surface area contributed by atoms with Crippen molar-refractivity contribution < 1.29 is 14.0 Å². The number of nitrogens with zero attached hydrogens (tertiary/aromatic N) is 2. The average Bonchev–Trinajstić information content (AvgIpc) is 3.15. The van der Waals surface area contributed by atoms with Crippen LogP contribution in [0.25, 0.3) is 0 Å². The van der Waals surface area contributed by atoms with Crippen LogP contribution in [0.5, 0.6) is 0 Å². The van der Waals surface area contributed by atoms with Crippen molar-refractivity contribution in [2.75, 3.05) is 16.0 Å². The summed E-state index contributed by atoms with van der Waals surface area (Å²) in [5, 5.41) is 9.26. The van der Waals surface area contributed by atoms with E-state index in [0.717, 1.165) is 28.5 Å². The highest BCUT2D eigenvalue weighted by Crippen LogP contribution is 2.21. The first-order valence-electron chi connectivity index (χ1n) is 9.72. The van der Waals surface area contributed by atoms with Gasteiger partial charge in [0.05, 0.1) is 13.8 Å². The van der Waals surface area contributed by atoms with E-state index in [0.29, 0.717) is 17.4 Å². The molecule has 2 heterocycles. The van der Waals surface area contributed by atoms with Crippen LogP contribution in [-0.4, -0.2) is 30.5 Å². The van der Waals surface area contributed by atoms with Gasteiger partial charge in [0.25, 0.3) is 0 Å². The fourth-order valence-corrected chi connectivity index (χ4v) is 4.82. The Morgan fingerprint density at radius 1 is 1.13 bits per heavy atom. The molecule has 0 aliphatic rings. The maximum Gasteiger partial charge on any atom is 0.325 e. The Labute approximate surface area is 185 Å². The summed E-state index contributed by atoms with van der Waals surface area (Å²) in [5.74, 6) is 0.0269. The van der Waals surface area contributed by atoms with E-state index in [2.05, 4.69) is 45.6 Å². The number of benzene rings is 1. The van der Waals surface area contributed by atoms with Crippen molar-refractivity contribution in [2.24, 2.45) is 0 Å². The second-order valence-corrected chi connectivity index (χ2v) is 14.2. The van der Waals surface area contributed by atoms with Crippen LogP contribution in [-0.2, 0) is 17.6 Å². The third-order valence-corrected chi connectivity index (χ3v) is 7.56. The molecule has 0 saturated carbocycles. The number of urea groups is 1. The molecule has 0 aliphatic heterocycles. The molecular weight excluding hydrogens is 433 g/mol. The lowest BCUT2D eigenvalue weighted by Crippen LogP contribution is -2.38. The predicted molar refractivity (Wildman–Crippen MR) is 125 cm³/mol. The number of amides is 3. The van der Waals surface area contributed by atoms with Gasteiger partial charge in [-0.3, -0.25) is 10.1 Å². The molecule has 7 nitrogen and oxygen atoms in total. The number of aryl methyl sites for hydroxylation is 2. The number of nitrogens with one attached hydrogen (secondary N) is 3. The smallest absolute Gasteiger partial charge is 0.313 e. The summed E-state index contributed by atoms with van der Waals surface area (Å²) in [6, 6.07) is 8.03. The van der Waals surface area contributed by atoms with Crippen molar-refractivity contribution >= 4 is 53.7 Å². The van der Waals surface area contributed by atoms with Gasteiger partial charge < -0.3 is 10.6 Å². The normalized spacial score (nSPS) is 11.1. The summed E-state index contributed by atoms with van der Waals surface area (Å²) in [4.78, 5) is 32.1. The van der Waals surface area contributed by atoms with E-state index in [1.165, 1.54) is 17.4 Å². The predicted octanol–water partition coefficient (Wildman–Crippen LogP) is 4.22. The minimum absolute atomic E-state index is 0.159. The Balaban J connectivity index is 1.58. The standard InChI is InChI=1S/C21H24FN5O2SSi/c1-31(2,3)16-6-7-17(22)18(11-16)26-20(29)27-21-24-12-15(30-21)5-4-14-8-9-23-19(10-14)25-13-28/h6-13H,4-5H2,1-3H3,(H,23,25,28)(H2,24,26,27,29). The lowest BCUT2D eigenvalue weighted by Gasteiger charge is -2.18. The summed E-state index contributed by atoms with van der Waals surface area (Å²) in [6.07, 6.45) is 5.39. The minimum Gasteiger partial charge on any atom is -0.313 e. The largest absolute Gasteiger partial charge is 0.325 e. The third-order valence-electron chi connectivity index (χ3n) is 4.55. The number of aromatic nitrogens is 2. The maximum atomic E-state index is 14.1. The Morgan fingerprint density at radius 3 is 2.68 bits per heavy atom. The van der Waals surface area contributed by atoms with E-state index >= 15 is 0 Å². The quantitative estimate of drug-likeness (QED) is 0.349. The minimum atomic E-state index is -1.63. The number of halogens is 1. The molecule has 10 heteroatoms. The molecule has 0 radical (unpaired) electrons. The van der Waals surface area contributed by atoms with Crippen molar-refractivity contribution in [1.82, 2.24) is 9.97 Å². The highest BCUT2D eigenvalue weighted by Gasteiger charge is 2.19. The molecule has 0 aliphatic carbocycles. The van der Waals surface area contributed by atoms with Gasteiger partial charge in [0.15, 0.2) is 5.13 Å². The fourth-order valence-electron chi connectivity index (χ4n) is 2.86. The van der Waals surface area contributed by atoms with Gasteiger partial charge in [-0.15, -0.1) is 11.3 Å². The van der Waals surface area contributed by atoms with Gasteiger partial charge in [-0.05, 0) is 42.7 Å². The van der Waals surface area contributed by atoms with Gasteiger partial charge in [0.1, 0.15) is 11.6 Å². The fraction of sp³-hybridized carbons (Fsp3) is 0.238. The summed E-state index contributed by atoms with van der Waals surface area (Å²) in [7, 11) is -1.63.